The van der Waals surface area contributed by atoms with E-state index in [1.807, 2.05) is 0 Å². The highest BCUT2D eigenvalue weighted by Crippen LogP contribution is 2.24. The Bertz CT molecular complexity index is 582. The van der Waals surface area contributed by atoms with E-state index in [2.05, 4.69) is 41.1 Å². The fraction of sp³-hybridized carbons (Fsp3) is 0.556. The molecule has 1 aromatic heterocycles. The van der Waals surface area contributed by atoms with Crippen LogP contribution < -0.4 is 0 Å². The van der Waals surface area contributed by atoms with Gasteiger partial charge in [0.2, 0.25) is 0 Å². The maximum atomic E-state index is 9.03. The minimum atomic E-state index is 0.346. The van der Waals surface area contributed by atoms with Crippen molar-refractivity contribution in [3.63, 3.8) is 0 Å². The van der Waals surface area contributed by atoms with Crippen molar-refractivity contribution in [2.75, 3.05) is 26.2 Å². The Hall–Kier alpha value is -1.32. The lowest BCUT2D eigenvalue weighted by Crippen LogP contribution is -2.35. The number of H-pyrrole nitrogens is 1. The standard InChI is InChI=1S/C18H26N2O/c1-14-16(17-4-2-3-5-18(17)19-14)8-12-20-10-6-15(7-11-20)9-13-21/h2-5,15,19,21H,6-13H2,1H3. The average Bonchev–Trinajstić information content (AvgIpc) is 2.82. The van der Waals surface area contributed by atoms with Gasteiger partial charge in [-0.1, -0.05) is 18.2 Å². The summed E-state index contributed by atoms with van der Waals surface area (Å²) in [6.45, 7) is 6.05. The first-order chi connectivity index (χ1) is 10.3. The SMILES string of the molecule is Cc1[nH]c2ccccc2c1CCN1CCC(CCO)CC1. The molecule has 0 bridgehead atoms. The van der Waals surface area contributed by atoms with Crippen LogP contribution in [-0.4, -0.2) is 41.2 Å². The van der Waals surface area contributed by atoms with E-state index in [4.69, 9.17) is 5.11 Å². The second-order valence-electron chi connectivity index (χ2n) is 6.32. The monoisotopic (exact) mass is 286 g/mol. The van der Waals surface area contributed by atoms with Crippen LogP contribution in [0.15, 0.2) is 24.3 Å². The van der Waals surface area contributed by atoms with Crippen LogP contribution in [-0.2, 0) is 6.42 Å². The van der Waals surface area contributed by atoms with Gasteiger partial charge in [-0.3, -0.25) is 0 Å². The number of hydrogen-bond acceptors (Lipinski definition) is 2. The van der Waals surface area contributed by atoms with Crippen LogP contribution in [0.25, 0.3) is 10.9 Å². The maximum Gasteiger partial charge on any atom is 0.0458 e. The number of nitrogens with zero attached hydrogens (tertiary/aromatic N) is 1. The normalized spacial score (nSPS) is 17.6. The van der Waals surface area contributed by atoms with Gasteiger partial charge in [0, 0.05) is 29.7 Å². The Morgan fingerprint density at radius 3 is 2.76 bits per heavy atom. The van der Waals surface area contributed by atoms with Crippen molar-refractivity contribution in [1.82, 2.24) is 9.88 Å². The molecule has 0 spiro atoms. The van der Waals surface area contributed by atoms with Crippen LogP contribution >= 0.6 is 0 Å². The van der Waals surface area contributed by atoms with Crippen LogP contribution in [0.5, 0.6) is 0 Å². The van der Waals surface area contributed by atoms with Crippen molar-refractivity contribution in [2.24, 2.45) is 5.92 Å². The topological polar surface area (TPSA) is 39.3 Å². The molecule has 114 valence electrons. The summed E-state index contributed by atoms with van der Waals surface area (Å²) in [5.41, 5.74) is 4.04. The summed E-state index contributed by atoms with van der Waals surface area (Å²) in [6, 6.07) is 8.60. The van der Waals surface area contributed by atoms with E-state index in [-0.39, 0.29) is 0 Å². The zero-order chi connectivity index (χ0) is 14.7. The van der Waals surface area contributed by atoms with Crippen molar-refractivity contribution >= 4 is 10.9 Å². The molecule has 1 aliphatic rings. The van der Waals surface area contributed by atoms with Crippen molar-refractivity contribution in [3.8, 4) is 0 Å². The first-order valence-corrected chi connectivity index (χ1v) is 8.17. The van der Waals surface area contributed by atoms with Gasteiger partial charge < -0.3 is 15.0 Å². The molecule has 0 radical (unpaired) electrons. The predicted octanol–water partition coefficient (Wildman–Crippen LogP) is 3.11. The molecule has 0 atom stereocenters. The molecule has 0 aliphatic carbocycles. The third kappa shape index (κ3) is 3.30. The number of hydrogen-bond donors (Lipinski definition) is 2. The van der Waals surface area contributed by atoms with E-state index in [0.717, 1.165) is 25.3 Å². The van der Waals surface area contributed by atoms with Crippen molar-refractivity contribution in [3.05, 3.63) is 35.5 Å². The van der Waals surface area contributed by atoms with E-state index in [9.17, 15) is 0 Å². The number of nitrogens with one attached hydrogen (secondary N) is 1. The summed E-state index contributed by atoms with van der Waals surface area (Å²) >= 11 is 0. The third-order valence-electron chi connectivity index (χ3n) is 4.95. The Kier molecular flexibility index (Phi) is 4.61. The first-order valence-electron chi connectivity index (χ1n) is 8.17. The van der Waals surface area contributed by atoms with Crippen molar-refractivity contribution in [2.45, 2.75) is 32.6 Å². The molecule has 3 heteroatoms. The molecule has 21 heavy (non-hydrogen) atoms. The summed E-state index contributed by atoms with van der Waals surface area (Å²) in [4.78, 5) is 6.07. The molecule has 0 amide bonds. The molecule has 2 aromatic rings. The lowest BCUT2D eigenvalue weighted by Gasteiger charge is -2.31. The fourth-order valence-corrected chi connectivity index (χ4v) is 3.61. The van der Waals surface area contributed by atoms with Gasteiger partial charge in [0.15, 0.2) is 0 Å². The molecule has 2 N–H and O–H groups in total. The van der Waals surface area contributed by atoms with E-state index < -0.39 is 0 Å². The molecule has 1 aliphatic heterocycles. The summed E-state index contributed by atoms with van der Waals surface area (Å²) in [7, 11) is 0. The number of aryl methyl sites for hydroxylation is 1. The highest BCUT2D eigenvalue weighted by molar-refractivity contribution is 5.84. The molecule has 1 saturated heterocycles. The predicted molar refractivity (Wildman–Crippen MR) is 87.6 cm³/mol. The smallest absolute Gasteiger partial charge is 0.0458 e. The number of rotatable bonds is 5. The number of para-hydroxylation sites is 1. The van der Waals surface area contributed by atoms with Crippen LogP contribution in [0.3, 0.4) is 0 Å². The number of aromatic nitrogens is 1. The molecule has 0 unspecified atom stereocenters. The molecule has 3 rings (SSSR count). The molecular weight excluding hydrogens is 260 g/mol. The first kappa shape index (κ1) is 14.6. The Morgan fingerprint density at radius 1 is 1.24 bits per heavy atom. The maximum absolute atomic E-state index is 9.03. The van der Waals surface area contributed by atoms with Gasteiger partial charge in [0.05, 0.1) is 0 Å². The van der Waals surface area contributed by atoms with E-state index >= 15 is 0 Å². The number of aliphatic hydroxyl groups is 1. The van der Waals surface area contributed by atoms with Crippen LogP contribution in [0.1, 0.15) is 30.5 Å². The number of aliphatic hydroxyl groups excluding tert-OH is 1. The fourth-order valence-electron chi connectivity index (χ4n) is 3.61. The summed E-state index contributed by atoms with van der Waals surface area (Å²) < 4.78 is 0. The van der Waals surface area contributed by atoms with Crippen LogP contribution in [0.2, 0.25) is 0 Å². The van der Waals surface area contributed by atoms with Crippen LogP contribution in [0, 0.1) is 12.8 Å². The quantitative estimate of drug-likeness (QED) is 0.886. The summed E-state index contributed by atoms with van der Waals surface area (Å²) in [5.74, 6) is 0.737. The van der Waals surface area contributed by atoms with Gasteiger partial charge in [-0.25, -0.2) is 0 Å². The van der Waals surface area contributed by atoms with E-state index in [1.165, 1.54) is 48.1 Å². The van der Waals surface area contributed by atoms with Gasteiger partial charge in [-0.2, -0.15) is 0 Å². The van der Waals surface area contributed by atoms with E-state index in [1.54, 1.807) is 0 Å². The van der Waals surface area contributed by atoms with E-state index in [0.29, 0.717) is 6.61 Å². The van der Waals surface area contributed by atoms with Gasteiger partial charge >= 0.3 is 0 Å². The lowest BCUT2D eigenvalue weighted by atomic mass is 9.93. The number of benzene rings is 1. The van der Waals surface area contributed by atoms with Gasteiger partial charge in [0.1, 0.15) is 0 Å². The summed E-state index contributed by atoms with van der Waals surface area (Å²) in [5, 5.41) is 10.4. The molecule has 1 aromatic carbocycles. The van der Waals surface area contributed by atoms with Gasteiger partial charge in [0.25, 0.3) is 0 Å². The third-order valence-corrected chi connectivity index (χ3v) is 4.95. The zero-order valence-corrected chi connectivity index (χ0v) is 12.9. The van der Waals surface area contributed by atoms with Gasteiger partial charge in [-0.15, -0.1) is 0 Å². The Labute approximate surface area is 127 Å². The number of likely N-dealkylation sites (tertiary alicyclic amines) is 1. The summed E-state index contributed by atoms with van der Waals surface area (Å²) in [6.07, 6.45) is 4.59. The second kappa shape index (κ2) is 6.63. The lowest BCUT2D eigenvalue weighted by molar-refractivity contribution is 0.160. The molecule has 0 saturated carbocycles. The molecule has 3 nitrogen and oxygen atoms in total. The van der Waals surface area contributed by atoms with Crippen LogP contribution in [0.4, 0.5) is 0 Å². The molecule has 2 heterocycles. The number of aromatic amines is 1. The highest BCUT2D eigenvalue weighted by atomic mass is 16.3. The highest BCUT2D eigenvalue weighted by Gasteiger charge is 2.19. The largest absolute Gasteiger partial charge is 0.396 e. The van der Waals surface area contributed by atoms with Crippen molar-refractivity contribution in [1.29, 1.82) is 0 Å². The molecule has 1 fully saturated rings. The number of fused-ring (bicyclic) bond motifs is 1. The average molecular weight is 286 g/mol. The number of piperidine rings is 1. The van der Waals surface area contributed by atoms with Crippen molar-refractivity contribution < 1.29 is 5.11 Å². The Morgan fingerprint density at radius 2 is 2.00 bits per heavy atom. The minimum absolute atomic E-state index is 0.346. The molecular formula is C18H26N2O. The minimum Gasteiger partial charge on any atom is -0.396 e. The zero-order valence-electron chi connectivity index (χ0n) is 12.9. The van der Waals surface area contributed by atoms with Gasteiger partial charge in [-0.05, 0) is 63.2 Å². The second-order valence-corrected chi connectivity index (χ2v) is 6.32. The Balaban J connectivity index is 1.59.